The average molecular weight is 277 g/mol. The second kappa shape index (κ2) is 6.36. The van der Waals surface area contributed by atoms with Gasteiger partial charge in [-0.3, -0.25) is 9.59 Å². The molecule has 1 saturated heterocycles. The Morgan fingerprint density at radius 2 is 2.25 bits per heavy atom. The molecule has 1 amide bonds. The number of nitrogens with zero attached hydrogens (tertiary/aromatic N) is 2. The molecule has 0 aromatic carbocycles. The minimum Gasteiger partial charge on any atom is -0.481 e. The molecule has 1 atom stereocenters. The molecule has 0 radical (unpaired) electrons. The number of likely N-dealkylation sites (tertiary alicyclic amines) is 1. The molecular weight excluding hydrogens is 258 g/mol. The molecular formula is C14H19N3O3. The molecule has 0 saturated carbocycles. The molecule has 1 fully saturated rings. The number of aromatic nitrogens is 1. The Bertz CT molecular complexity index is 487. The predicted molar refractivity (Wildman–Crippen MR) is 74.1 cm³/mol. The van der Waals surface area contributed by atoms with Gasteiger partial charge in [-0.25, -0.2) is 4.98 Å². The summed E-state index contributed by atoms with van der Waals surface area (Å²) in [5.41, 5.74) is 6.47. The van der Waals surface area contributed by atoms with E-state index < -0.39 is 5.97 Å². The van der Waals surface area contributed by atoms with Gasteiger partial charge in [0.1, 0.15) is 5.69 Å². The van der Waals surface area contributed by atoms with Gasteiger partial charge < -0.3 is 15.7 Å². The Kier molecular flexibility index (Phi) is 4.55. The smallest absolute Gasteiger partial charge is 0.303 e. The van der Waals surface area contributed by atoms with E-state index in [1.165, 1.54) is 6.20 Å². The molecule has 1 aromatic rings. The van der Waals surface area contributed by atoms with E-state index in [0.717, 1.165) is 12.8 Å². The molecule has 20 heavy (non-hydrogen) atoms. The second-order valence-electron chi connectivity index (χ2n) is 5.17. The van der Waals surface area contributed by atoms with E-state index in [1.807, 2.05) is 0 Å². The molecule has 0 spiro atoms. The maximum atomic E-state index is 12.3. The number of amides is 1. The number of hydrogen-bond donors (Lipinski definition) is 2. The van der Waals surface area contributed by atoms with E-state index in [0.29, 0.717) is 30.9 Å². The summed E-state index contributed by atoms with van der Waals surface area (Å²) in [6.45, 7) is 1.31. The number of carboxylic acid groups (broad SMARTS) is 1. The summed E-state index contributed by atoms with van der Waals surface area (Å²) in [6.07, 6.45) is 4.14. The van der Waals surface area contributed by atoms with Gasteiger partial charge >= 0.3 is 5.97 Å². The quantitative estimate of drug-likeness (QED) is 0.866. The summed E-state index contributed by atoms with van der Waals surface area (Å²) in [7, 11) is 0. The highest BCUT2D eigenvalue weighted by Crippen LogP contribution is 2.22. The first-order valence-corrected chi connectivity index (χ1v) is 6.79. The lowest BCUT2D eigenvalue weighted by molar-refractivity contribution is -0.137. The van der Waals surface area contributed by atoms with Crippen molar-refractivity contribution in [1.29, 1.82) is 0 Å². The zero-order valence-corrected chi connectivity index (χ0v) is 11.3. The Labute approximate surface area is 117 Å². The summed E-state index contributed by atoms with van der Waals surface area (Å²) >= 11 is 0. The number of nitrogen functional groups attached to an aromatic ring is 1. The van der Waals surface area contributed by atoms with Crippen molar-refractivity contribution in [3.8, 4) is 0 Å². The minimum atomic E-state index is -0.784. The first-order chi connectivity index (χ1) is 9.56. The van der Waals surface area contributed by atoms with E-state index in [1.54, 1.807) is 17.0 Å². The number of hydrogen-bond acceptors (Lipinski definition) is 4. The minimum absolute atomic E-state index is 0.106. The molecule has 1 aliphatic rings. The highest BCUT2D eigenvalue weighted by atomic mass is 16.4. The van der Waals surface area contributed by atoms with Crippen LogP contribution in [0.1, 0.15) is 36.2 Å². The van der Waals surface area contributed by atoms with Gasteiger partial charge in [-0.05, 0) is 37.3 Å². The number of rotatable bonds is 4. The van der Waals surface area contributed by atoms with Gasteiger partial charge in [-0.2, -0.15) is 0 Å². The maximum Gasteiger partial charge on any atom is 0.303 e. The summed E-state index contributed by atoms with van der Waals surface area (Å²) in [5, 5.41) is 8.72. The van der Waals surface area contributed by atoms with Gasteiger partial charge in [0.15, 0.2) is 0 Å². The van der Waals surface area contributed by atoms with Crippen molar-refractivity contribution in [3.63, 3.8) is 0 Å². The largest absolute Gasteiger partial charge is 0.481 e. The summed E-state index contributed by atoms with van der Waals surface area (Å²) in [6, 6.07) is 3.28. The maximum absolute atomic E-state index is 12.3. The molecule has 2 heterocycles. The summed E-state index contributed by atoms with van der Waals surface area (Å²) in [4.78, 5) is 28.7. The van der Waals surface area contributed by atoms with Crippen LogP contribution in [-0.2, 0) is 4.79 Å². The van der Waals surface area contributed by atoms with Crippen LogP contribution >= 0.6 is 0 Å². The Morgan fingerprint density at radius 1 is 1.45 bits per heavy atom. The third-order valence-electron chi connectivity index (χ3n) is 3.58. The highest BCUT2D eigenvalue weighted by Gasteiger charge is 2.25. The monoisotopic (exact) mass is 277 g/mol. The lowest BCUT2D eigenvalue weighted by Gasteiger charge is -2.32. The fraction of sp³-hybridized carbons (Fsp3) is 0.500. The molecule has 2 rings (SSSR count). The lowest BCUT2D eigenvalue weighted by atomic mass is 9.93. The van der Waals surface area contributed by atoms with Crippen molar-refractivity contribution >= 4 is 17.6 Å². The fourth-order valence-electron chi connectivity index (χ4n) is 2.51. The number of anilines is 1. The molecule has 6 nitrogen and oxygen atoms in total. The van der Waals surface area contributed by atoms with Crippen LogP contribution in [-0.4, -0.2) is 40.0 Å². The van der Waals surface area contributed by atoms with E-state index in [-0.39, 0.29) is 18.2 Å². The molecule has 1 aromatic heterocycles. The van der Waals surface area contributed by atoms with Gasteiger partial charge in [0.2, 0.25) is 0 Å². The fourth-order valence-corrected chi connectivity index (χ4v) is 2.51. The third kappa shape index (κ3) is 3.69. The first-order valence-electron chi connectivity index (χ1n) is 6.79. The number of carbonyl (C=O) groups is 2. The summed E-state index contributed by atoms with van der Waals surface area (Å²) in [5.74, 6) is -0.628. The van der Waals surface area contributed by atoms with Gasteiger partial charge in [-0.15, -0.1) is 0 Å². The molecule has 108 valence electrons. The van der Waals surface area contributed by atoms with Crippen LogP contribution in [0.15, 0.2) is 18.3 Å². The lowest BCUT2D eigenvalue weighted by Crippen LogP contribution is -2.40. The van der Waals surface area contributed by atoms with Crippen molar-refractivity contribution < 1.29 is 14.7 Å². The topological polar surface area (TPSA) is 96.5 Å². The van der Waals surface area contributed by atoms with Gasteiger partial charge in [0, 0.05) is 19.5 Å². The van der Waals surface area contributed by atoms with E-state index in [9.17, 15) is 9.59 Å². The van der Waals surface area contributed by atoms with Crippen LogP contribution in [0.4, 0.5) is 5.69 Å². The highest BCUT2D eigenvalue weighted by molar-refractivity contribution is 5.92. The average Bonchev–Trinajstić information content (AvgIpc) is 2.45. The Balaban J connectivity index is 1.96. The molecule has 6 heteroatoms. The number of aliphatic carboxylic acids is 1. The van der Waals surface area contributed by atoms with Crippen molar-refractivity contribution in [2.75, 3.05) is 18.8 Å². The predicted octanol–water partition coefficient (Wildman–Crippen LogP) is 1.38. The molecule has 1 aliphatic heterocycles. The third-order valence-corrected chi connectivity index (χ3v) is 3.58. The molecule has 3 N–H and O–H groups in total. The zero-order chi connectivity index (χ0) is 14.5. The van der Waals surface area contributed by atoms with Gasteiger partial charge in [-0.1, -0.05) is 0 Å². The van der Waals surface area contributed by atoms with Crippen LogP contribution in [0.2, 0.25) is 0 Å². The van der Waals surface area contributed by atoms with Crippen molar-refractivity contribution in [2.45, 2.75) is 25.7 Å². The van der Waals surface area contributed by atoms with Crippen LogP contribution in [0, 0.1) is 5.92 Å². The van der Waals surface area contributed by atoms with Crippen LogP contribution in [0.3, 0.4) is 0 Å². The summed E-state index contributed by atoms with van der Waals surface area (Å²) < 4.78 is 0. The van der Waals surface area contributed by atoms with Crippen LogP contribution in [0.5, 0.6) is 0 Å². The Hall–Kier alpha value is -2.11. The number of pyridine rings is 1. The molecule has 1 unspecified atom stereocenters. The van der Waals surface area contributed by atoms with Gasteiger partial charge in [0.25, 0.3) is 5.91 Å². The van der Waals surface area contributed by atoms with Crippen molar-refractivity contribution in [3.05, 3.63) is 24.0 Å². The van der Waals surface area contributed by atoms with Crippen LogP contribution in [0.25, 0.3) is 0 Å². The van der Waals surface area contributed by atoms with E-state index in [2.05, 4.69) is 4.98 Å². The normalized spacial score (nSPS) is 18.8. The van der Waals surface area contributed by atoms with Crippen LogP contribution < -0.4 is 5.73 Å². The number of carbonyl (C=O) groups excluding carboxylic acids is 1. The second-order valence-corrected chi connectivity index (χ2v) is 5.17. The number of carboxylic acids is 1. The SMILES string of the molecule is Nc1ccc(C(=O)N2CCCC(CCC(=O)O)C2)nc1. The van der Waals surface area contributed by atoms with Crippen molar-refractivity contribution in [1.82, 2.24) is 9.88 Å². The Morgan fingerprint density at radius 3 is 2.90 bits per heavy atom. The zero-order valence-electron chi connectivity index (χ0n) is 11.3. The van der Waals surface area contributed by atoms with Crippen molar-refractivity contribution in [2.24, 2.45) is 5.92 Å². The van der Waals surface area contributed by atoms with E-state index >= 15 is 0 Å². The molecule has 0 aliphatic carbocycles. The standard InChI is InChI=1S/C14H19N3O3/c15-11-4-5-12(16-8-11)14(20)17-7-1-2-10(9-17)3-6-13(18)19/h4-5,8,10H,1-3,6-7,9,15H2,(H,18,19). The van der Waals surface area contributed by atoms with Gasteiger partial charge in [0.05, 0.1) is 11.9 Å². The molecule has 0 bridgehead atoms. The van der Waals surface area contributed by atoms with E-state index in [4.69, 9.17) is 10.8 Å². The first kappa shape index (κ1) is 14.3. The number of nitrogens with two attached hydrogens (primary N) is 1. The number of piperidine rings is 1.